The van der Waals surface area contributed by atoms with Crippen molar-refractivity contribution in [1.82, 2.24) is 20.5 Å². The van der Waals surface area contributed by atoms with Crippen LogP contribution in [0.1, 0.15) is 65.1 Å². The van der Waals surface area contributed by atoms with Crippen molar-refractivity contribution >= 4 is 23.7 Å². The van der Waals surface area contributed by atoms with E-state index in [1.807, 2.05) is 59.5 Å². The van der Waals surface area contributed by atoms with Crippen LogP contribution in [0.25, 0.3) is 0 Å². The van der Waals surface area contributed by atoms with Crippen LogP contribution < -0.4 is 15.4 Å². The van der Waals surface area contributed by atoms with Crippen LogP contribution in [0.2, 0.25) is 0 Å². The lowest BCUT2D eigenvalue weighted by Gasteiger charge is -2.42. The topological polar surface area (TPSA) is 127 Å². The van der Waals surface area contributed by atoms with Crippen LogP contribution in [0.5, 0.6) is 5.88 Å². The number of esters is 1. The number of piperidine rings is 1. The third kappa shape index (κ3) is 6.15. The van der Waals surface area contributed by atoms with Crippen LogP contribution in [0, 0.1) is 0 Å². The van der Waals surface area contributed by atoms with Gasteiger partial charge in [-0.2, -0.15) is 0 Å². The van der Waals surface area contributed by atoms with E-state index in [2.05, 4.69) is 15.6 Å². The summed E-state index contributed by atoms with van der Waals surface area (Å²) in [5, 5.41) is 6.03. The molecule has 2 aliphatic rings. The number of fused-ring (bicyclic) bond motifs is 1. The lowest BCUT2D eigenvalue weighted by molar-refractivity contribution is -0.140. The molecule has 10 nitrogen and oxygen atoms in total. The SMILES string of the molecule is COC(=O)CCNC(=O)[C@@]1(c2ccccc2)CC[C@H](C(=O)N2CCC(NC(=O)c3cccnc3OC)CC2)c2ccccc21. The van der Waals surface area contributed by atoms with Gasteiger partial charge in [-0.1, -0.05) is 54.6 Å². The third-order valence-corrected chi connectivity index (χ3v) is 8.75. The molecule has 0 spiro atoms. The second-order valence-corrected chi connectivity index (χ2v) is 11.2. The van der Waals surface area contributed by atoms with Gasteiger partial charge in [-0.25, -0.2) is 4.98 Å². The highest BCUT2D eigenvalue weighted by Gasteiger charge is 2.48. The molecule has 1 aliphatic heterocycles. The molecule has 2 atom stereocenters. The number of aromatic nitrogens is 1. The Morgan fingerprint density at radius 1 is 0.932 bits per heavy atom. The van der Waals surface area contributed by atoms with E-state index in [-0.39, 0.29) is 42.6 Å². The Morgan fingerprint density at radius 2 is 1.66 bits per heavy atom. The third-order valence-electron chi connectivity index (χ3n) is 8.75. The smallest absolute Gasteiger partial charge is 0.307 e. The summed E-state index contributed by atoms with van der Waals surface area (Å²) in [4.78, 5) is 58.6. The molecule has 1 saturated heterocycles. The Labute approximate surface area is 257 Å². The first kappa shape index (κ1) is 30.7. The lowest BCUT2D eigenvalue weighted by Crippen LogP contribution is -2.51. The quantitative estimate of drug-likeness (QED) is 0.362. The maximum Gasteiger partial charge on any atom is 0.307 e. The lowest BCUT2D eigenvalue weighted by atomic mass is 9.62. The molecule has 10 heteroatoms. The maximum absolute atomic E-state index is 14.0. The first-order valence-corrected chi connectivity index (χ1v) is 15.0. The molecule has 1 aromatic heterocycles. The molecule has 0 unspecified atom stereocenters. The predicted molar refractivity (Wildman–Crippen MR) is 163 cm³/mol. The van der Waals surface area contributed by atoms with E-state index >= 15 is 0 Å². The number of pyridine rings is 1. The largest absolute Gasteiger partial charge is 0.480 e. The van der Waals surface area contributed by atoms with Crippen LogP contribution in [0.15, 0.2) is 72.9 Å². The Balaban J connectivity index is 1.32. The van der Waals surface area contributed by atoms with Gasteiger partial charge in [0.05, 0.1) is 32.0 Å². The van der Waals surface area contributed by atoms with Crippen molar-refractivity contribution in [2.45, 2.75) is 49.5 Å². The summed E-state index contributed by atoms with van der Waals surface area (Å²) in [6.45, 7) is 1.19. The van der Waals surface area contributed by atoms with Crippen LogP contribution >= 0.6 is 0 Å². The number of carbonyl (C=O) groups excluding carboxylic acids is 4. The van der Waals surface area contributed by atoms with Crippen molar-refractivity contribution < 1.29 is 28.7 Å². The fraction of sp³-hybridized carbons (Fsp3) is 0.382. The first-order chi connectivity index (χ1) is 21.4. The average molecular weight is 599 g/mol. The zero-order valence-corrected chi connectivity index (χ0v) is 25.1. The van der Waals surface area contributed by atoms with Crippen LogP contribution in [0.4, 0.5) is 0 Å². The Hall–Kier alpha value is -4.73. The van der Waals surface area contributed by atoms with E-state index in [4.69, 9.17) is 9.47 Å². The minimum absolute atomic E-state index is 0.0314. The van der Waals surface area contributed by atoms with Crippen molar-refractivity contribution in [3.63, 3.8) is 0 Å². The molecule has 2 aromatic carbocycles. The molecule has 2 heterocycles. The van der Waals surface area contributed by atoms with Gasteiger partial charge in [0.25, 0.3) is 5.91 Å². The number of amides is 3. The molecule has 5 rings (SSSR count). The van der Waals surface area contributed by atoms with Gasteiger partial charge < -0.3 is 25.0 Å². The molecule has 44 heavy (non-hydrogen) atoms. The van der Waals surface area contributed by atoms with Gasteiger partial charge in [0, 0.05) is 31.9 Å². The van der Waals surface area contributed by atoms with E-state index in [9.17, 15) is 19.2 Å². The molecule has 3 amide bonds. The minimum Gasteiger partial charge on any atom is -0.480 e. The van der Waals surface area contributed by atoms with Crippen LogP contribution in [0.3, 0.4) is 0 Å². The Morgan fingerprint density at radius 3 is 2.39 bits per heavy atom. The highest BCUT2D eigenvalue weighted by molar-refractivity contribution is 5.97. The molecular formula is C34H38N4O6. The fourth-order valence-electron chi connectivity index (χ4n) is 6.47. The standard InChI is InChI=1S/C34H38N4O6/c1-43-29(39)15-20-36-33(42)34(23-9-4-3-5-10-23)18-14-26(25-11-6-7-13-28(25)34)32(41)38-21-16-24(17-22-38)37-30(40)27-12-8-19-35-31(27)44-2/h3-13,19,24,26H,14-18,20-22H2,1-2H3,(H,36,42)(H,37,40)/t26-,34+/m0/s1. The predicted octanol–water partition coefficient (Wildman–Crippen LogP) is 3.35. The number of rotatable bonds is 9. The maximum atomic E-state index is 14.0. The monoisotopic (exact) mass is 598 g/mol. The highest BCUT2D eigenvalue weighted by Crippen LogP contribution is 2.48. The van der Waals surface area contributed by atoms with E-state index in [0.29, 0.717) is 44.3 Å². The number of hydrogen-bond donors (Lipinski definition) is 2. The van der Waals surface area contributed by atoms with Gasteiger partial charge in [-0.05, 0) is 54.5 Å². The number of hydrogen-bond acceptors (Lipinski definition) is 7. The molecule has 230 valence electrons. The van der Waals surface area contributed by atoms with E-state index in [0.717, 1.165) is 16.7 Å². The summed E-state index contributed by atoms with van der Waals surface area (Å²) in [7, 11) is 2.80. The second kappa shape index (κ2) is 13.7. The number of methoxy groups -OCH3 is 2. The van der Waals surface area contributed by atoms with E-state index in [1.165, 1.54) is 14.2 Å². The molecule has 2 N–H and O–H groups in total. The number of ether oxygens (including phenoxy) is 2. The van der Waals surface area contributed by atoms with Crippen molar-refractivity contribution in [3.05, 3.63) is 95.2 Å². The normalized spacial score (nSPS) is 19.8. The summed E-state index contributed by atoms with van der Waals surface area (Å²) < 4.78 is 9.96. The van der Waals surface area contributed by atoms with Gasteiger partial charge >= 0.3 is 5.97 Å². The summed E-state index contributed by atoms with van der Waals surface area (Å²) in [6, 6.07) is 20.6. The van der Waals surface area contributed by atoms with Gasteiger partial charge in [0.15, 0.2) is 0 Å². The number of nitrogens with one attached hydrogen (secondary N) is 2. The number of benzene rings is 2. The van der Waals surface area contributed by atoms with Crippen molar-refractivity contribution in [2.24, 2.45) is 0 Å². The zero-order valence-electron chi connectivity index (χ0n) is 25.1. The van der Waals surface area contributed by atoms with E-state index in [1.54, 1.807) is 18.3 Å². The second-order valence-electron chi connectivity index (χ2n) is 11.2. The van der Waals surface area contributed by atoms with Crippen molar-refractivity contribution in [2.75, 3.05) is 33.9 Å². The number of nitrogens with zero attached hydrogens (tertiary/aromatic N) is 2. The van der Waals surface area contributed by atoms with Crippen LogP contribution in [-0.2, 0) is 24.5 Å². The molecule has 0 bridgehead atoms. The minimum atomic E-state index is -1.00. The first-order valence-electron chi connectivity index (χ1n) is 15.0. The zero-order chi connectivity index (χ0) is 31.1. The molecule has 1 aliphatic carbocycles. The fourth-order valence-corrected chi connectivity index (χ4v) is 6.47. The number of carbonyl (C=O) groups is 4. The molecular weight excluding hydrogens is 560 g/mol. The summed E-state index contributed by atoms with van der Waals surface area (Å²) >= 11 is 0. The van der Waals surface area contributed by atoms with Crippen molar-refractivity contribution in [3.8, 4) is 5.88 Å². The summed E-state index contributed by atoms with van der Waals surface area (Å²) in [5.74, 6) is -0.928. The molecule has 3 aromatic rings. The highest BCUT2D eigenvalue weighted by atomic mass is 16.5. The van der Waals surface area contributed by atoms with E-state index < -0.39 is 17.3 Å². The van der Waals surface area contributed by atoms with Gasteiger partial charge in [0.2, 0.25) is 17.7 Å². The Kier molecular flexibility index (Phi) is 9.57. The van der Waals surface area contributed by atoms with Crippen LogP contribution in [-0.4, -0.2) is 73.5 Å². The summed E-state index contributed by atoms with van der Waals surface area (Å²) in [5.41, 5.74) is 1.86. The number of likely N-dealkylation sites (tertiary alicyclic amines) is 1. The van der Waals surface area contributed by atoms with Gasteiger partial charge in [0.1, 0.15) is 5.56 Å². The average Bonchev–Trinajstić information content (AvgIpc) is 3.08. The molecule has 0 saturated carbocycles. The van der Waals surface area contributed by atoms with Gasteiger partial charge in [-0.15, -0.1) is 0 Å². The van der Waals surface area contributed by atoms with Gasteiger partial charge in [-0.3, -0.25) is 19.2 Å². The molecule has 0 radical (unpaired) electrons. The summed E-state index contributed by atoms with van der Waals surface area (Å²) in [6.07, 6.45) is 3.84. The molecule has 1 fully saturated rings. The van der Waals surface area contributed by atoms with Crippen molar-refractivity contribution in [1.29, 1.82) is 0 Å². The Bertz CT molecular complexity index is 1500.